The molecule has 0 amide bonds. The van der Waals surface area contributed by atoms with Gasteiger partial charge in [0.2, 0.25) is 0 Å². The summed E-state index contributed by atoms with van der Waals surface area (Å²) < 4.78 is 5.65. The fraction of sp³-hybridized carbons (Fsp3) is 0.333. The number of hydrogen-bond donors (Lipinski definition) is 0. The van der Waals surface area contributed by atoms with E-state index in [0.29, 0.717) is 0 Å². The summed E-state index contributed by atoms with van der Waals surface area (Å²) >= 11 is 0. The summed E-state index contributed by atoms with van der Waals surface area (Å²) in [6.07, 6.45) is 7.97. The Morgan fingerprint density at radius 2 is 1.23 bits per heavy atom. The van der Waals surface area contributed by atoms with E-state index in [1.807, 2.05) is 38.2 Å². The average Bonchev–Trinajstić information content (AvgIpc) is 2.36. The molecule has 0 unspecified atom stereocenters. The topological polar surface area (TPSA) is 13.1 Å². The van der Waals surface area contributed by atoms with Gasteiger partial charge in [-0.25, -0.2) is 0 Å². The zero-order valence-electron chi connectivity index (χ0n) is 8.72. The Morgan fingerprint density at radius 1 is 0.846 bits per heavy atom. The van der Waals surface area contributed by atoms with Crippen LogP contribution in [-0.2, 0) is 0 Å². The highest BCUT2D eigenvalue weighted by atomic mass is 16.3. The molecule has 0 aromatic carbocycles. The molecule has 0 spiro atoms. The molecule has 13 heavy (non-hydrogen) atoms. The molecule has 0 aliphatic heterocycles. The summed E-state index contributed by atoms with van der Waals surface area (Å²) in [7, 11) is 0. The van der Waals surface area contributed by atoms with Crippen molar-refractivity contribution in [2.75, 3.05) is 0 Å². The molecule has 1 aromatic heterocycles. The third-order valence-corrected chi connectivity index (χ3v) is 2.16. The van der Waals surface area contributed by atoms with Crippen molar-refractivity contribution in [1.82, 2.24) is 0 Å². The molecule has 0 saturated heterocycles. The standard InChI is InChI=1S/C12H16O/c1-5-7-11-9(3)10(4)12(13-11)8-6-2/h5-8H,1-4H3/b7-5-,8-6-. The fourth-order valence-corrected chi connectivity index (χ4v) is 1.26. The lowest BCUT2D eigenvalue weighted by atomic mass is 10.1. The lowest BCUT2D eigenvalue weighted by Gasteiger charge is -1.87. The van der Waals surface area contributed by atoms with Gasteiger partial charge in [0.25, 0.3) is 0 Å². The zero-order valence-corrected chi connectivity index (χ0v) is 8.72. The van der Waals surface area contributed by atoms with Gasteiger partial charge >= 0.3 is 0 Å². The molecule has 1 heteroatoms. The number of furan rings is 1. The summed E-state index contributed by atoms with van der Waals surface area (Å²) in [5.41, 5.74) is 2.46. The Bertz CT molecular complexity index is 308. The predicted octanol–water partition coefficient (Wildman–Crippen LogP) is 3.96. The normalized spacial score (nSPS) is 12.0. The molecule has 0 fully saturated rings. The van der Waals surface area contributed by atoms with E-state index in [4.69, 9.17) is 4.42 Å². The van der Waals surface area contributed by atoms with Gasteiger partial charge in [0.05, 0.1) is 0 Å². The van der Waals surface area contributed by atoms with E-state index in [0.717, 1.165) is 11.5 Å². The van der Waals surface area contributed by atoms with Crippen molar-refractivity contribution in [1.29, 1.82) is 0 Å². The van der Waals surface area contributed by atoms with Crippen LogP contribution in [-0.4, -0.2) is 0 Å². The van der Waals surface area contributed by atoms with Gasteiger partial charge in [-0.05, 0) is 51.0 Å². The van der Waals surface area contributed by atoms with Crippen molar-refractivity contribution in [3.05, 3.63) is 34.8 Å². The minimum absolute atomic E-state index is 0.966. The quantitative estimate of drug-likeness (QED) is 0.664. The molecule has 0 saturated carbocycles. The Balaban J connectivity index is 3.19. The van der Waals surface area contributed by atoms with E-state index in [9.17, 15) is 0 Å². The van der Waals surface area contributed by atoms with Crippen LogP contribution in [0.15, 0.2) is 16.6 Å². The first-order valence-electron chi connectivity index (χ1n) is 4.56. The van der Waals surface area contributed by atoms with E-state index in [2.05, 4.69) is 13.8 Å². The molecule has 1 heterocycles. The Kier molecular flexibility index (Phi) is 3.13. The van der Waals surface area contributed by atoms with Crippen LogP contribution < -0.4 is 0 Å². The maximum atomic E-state index is 5.65. The number of rotatable bonds is 2. The highest BCUT2D eigenvalue weighted by molar-refractivity contribution is 5.57. The van der Waals surface area contributed by atoms with Crippen LogP contribution in [0.25, 0.3) is 12.2 Å². The van der Waals surface area contributed by atoms with Crippen LogP contribution in [0.5, 0.6) is 0 Å². The second-order valence-electron chi connectivity index (χ2n) is 3.08. The molecular formula is C12H16O. The van der Waals surface area contributed by atoms with E-state index < -0.39 is 0 Å². The summed E-state index contributed by atoms with van der Waals surface area (Å²) in [6.45, 7) is 8.15. The number of allylic oxidation sites excluding steroid dienone is 2. The molecular weight excluding hydrogens is 160 g/mol. The lowest BCUT2D eigenvalue weighted by Crippen LogP contribution is -1.75. The van der Waals surface area contributed by atoms with Gasteiger partial charge in [-0.1, -0.05) is 12.2 Å². The van der Waals surface area contributed by atoms with Crippen LogP contribution in [0.2, 0.25) is 0 Å². The van der Waals surface area contributed by atoms with Crippen LogP contribution in [0.3, 0.4) is 0 Å². The third-order valence-electron chi connectivity index (χ3n) is 2.16. The molecule has 0 aliphatic rings. The van der Waals surface area contributed by atoms with Gasteiger partial charge in [-0.3, -0.25) is 0 Å². The van der Waals surface area contributed by atoms with Crippen molar-refractivity contribution in [3.63, 3.8) is 0 Å². The largest absolute Gasteiger partial charge is 0.457 e. The van der Waals surface area contributed by atoms with Crippen LogP contribution >= 0.6 is 0 Å². The second kappa shape index (κ2) is 4.13. The SMILES string of the molecule is C/C=C\c1oc(/C=C\C)c(C)c1C. The monoisotopic (exact) mass is 176 g/mol. The Hall–Kier alpha value is -1.24. The first kappa shape index (κ1) is 9.85. The molecule has 70 valence electrons. The number of hydrogen-bond acceptors (Lipinski definition) is 1. The smallest absolute Gasteiger partial charge is 0.130 e. The summed E-state index contributed by atoms with van der Waals surface area (Å²) in [5.74, 6) is 1.93. The van der Waals surface area contributed by atoms with Crippen LogP contribution in [0.4, 0.5) is 0 Å². The molecule has 1 aromatic rings. The van der Waals surface area contributed by atoms with E-state index in [-0.39, 0.29) is 0 Å². The zero-order chi connectivity index (χ0) is 9.84. The minimum atomic E-state index is 0.966. The molecule has 1 nitrogen and oxygen atoms in total. The maximum absolute atomic E-state index is 5.65. The molecule has 0 radical (unpaired) electrons. The molecule has 1 rings (SSSR count). The van der Waals surface area contributed by atoms with Crippen molar-refractivity contribution in [2.45, 2.75) is 27.7 Å². The third kappa shape index (κ3) is 1.92. The fourth-order valence-electron chi connectivity index (χ4n) is 1.26. The van der Waals surface area contributed by atoms with Gasteiger partial charge in [0, 0.05) is 0 Å². The average molecular weight is 176 g/mol. The highest BCUT2D eigenvalue weighted by Crippen LogP contribution is 2.23. The van der Waals surface area contributed by atoms with E-state index in [1.165, 1.54) is 11.1 Å². The van der Waals surface area contributed by atoms with Crippen molar-refractivity contribution in [3.8, 4) is 0 Å². The minimum Gasteiger partial charge on any atom is -0.457 e. The van der Waals surface area contributed by atoms with Crippen molar-refractivity contribution >= 4 is 12.2 Å². The summed E-state index contributed by atoms with van der Waals surface area (Å²) in [5, 5.41) is 0. The van der Waals surface area contributed by atoms with E-state index >= 15 is 0 Å². The van der Waals surface area contributed by atoms with Gasteiger partial charge in [0.1, 0.15) is 11.5 Å². The van der Waals surface area contributed by atoms with Gasteiger partial charge in [-0.2, -0.15) is 0 Å². The van der Waals surface area contributed by atoms with Crippen molar-refractivity contribution in [2.24, 2.45) is 0 Å². The second-order valence-corrected chi connectivity index (χ2v) is 3.08. The summed E-state index contributed by atoms with van der Waals surface area (Å²) in [6, 6.07) is 0. The van der Waals surface area contributed by atoms with Gasteiger partial charge < -0.3 is 4.42 Å². The highest BCUT2D eigenvalue weighted by Gasteiger charge is 2.08. The lowest BCUT2D eigenvalue weighted by molar-refractivity contribution is 0.543. The van der Waals surface area contributed by atoms with Crippen molar-refractivity contribution < 1.29 is 4.42 Å². The maximum Gasteiger partial charge on any atom is 0.130 e. The first-order chi connectivity index (χ1) is 6.20. The summed E-state index contributed by atoms with van der Waals surface area (Å²) in [4.78, 5) is 0. The molecule has 0 atom stereocenters. The van der Waals surface area contributed by atoms with E-state index in [1.54, 1.807) is 0 Å². The first-order valence-corrected chi connectivity index (χ1v) is 4.56. The van der Waals surface area contributed by atoms with Gasteiger partial charge in [0.15, 0.2) is 0 Å². The van der Waals surface area contributed by atoms with Crippen LogP contribution in [0.1, 0.15) is 36.5 Å². The molecule has 0 bridgehead atoms. The van der Waals surface area contributed by atoms with Crippen LogP contribution in [0, 0.1) is 13.8 Å². The Morgan fingerprint density at radius 3 is 1.54 bits per heavy atom. The van der Waals surface area contributed by atoms with Gasteiger partial charge in [-0.15, -0.1) is 0 Å². The molecule has 0 aliphatic carbocycles. The Labute approximate surface area is 79.8 Å². The molecule has 0 N–H and O–H groups in total. The predicted molar refractivity (Wildman–Crippen MR) is 57.6 cm³/mol.